The highest BCUT2D eigenvalue weighted by Crippen LogP contribution is 2.38. The molecule has 1 atom stereocenters. The highest BCUT2D eigenvalue weighted by molar-refractivity contribution is 5.75. The van der Waals surface area contributed by atoms with Gasteiger partial charge in [-0.15, -0.1) is 0 Å². The van der Waals surface area contributed by atoms with Gasteiger partial charge in [-0.05, 0) is 19.8 Å². The summed E-state index contributed by atoms with van der Waals surface area (Å²) < 4.78 is 5.41. The Morgan fingerprint density at radius 1 is 1.41 bits per heavy atom. The average molecular weight is 241 g/mol. The molecule has 0 bridgehead atoms. The fourth-order valence-corrected chi connectivity index (χ4v) is 3.05. The number of nitrogens with zero attached hydrogens (tertiary/aromatic N) is 1. The number of morpholine rings is 1. The van der Waals surface area contributed by atoms with Crippen molar-refractivity contribution in [2.45, 2.75) is 45.1 Å². The molecule has 17 heavy (non-hydrogen) atoms. The Hall–Kier alpha value is -0.610. The van der Waals surface area contributed by atoms with Crippen molar-refractivity contribution in [3.05, 3.63) is 0 Å². The number of carboxylic acids is 1. The van der Waals surface area contributed by atoms with E-state index in [1.54, 1.807) is 0 Å². The van der Waals surface area contributed by atoms with Crippen LogP contribution in [0.5, 0.6) is 0 Å². The van der Waals surface area contributed by atoms with Crippen molar-refractivity contribution in [2.24, 2.45) is 5.41 Å². The number of hydrogen-bond acceptors (Lipinski definition) is 3. The topological polar surface area (TPSA) is 49.8 Å². The fraction of sp³-hybridized carbons (Fsp3) is 0.923. The van der Waals surface area contributed by atoms with Crippen LogP contribution in [0.25, 0.3) is 0 Å². The van der Waals surface area contributed by atoms with Gasteiger partial charge in [-0.25, -0.2) is 0 Å². The van der Waals surface area contributed by atoms with Crippen molar-refractivity contribution in [1.29, 1.82) is 0 Å². The molecule has 1 heterocycles. The van der Waals surface area contributed by atoms with Gasteiger partial charge in [0.05, 0.1) is 18.6 Å². The molecule has 0 aromatic heterocycles. The number of hydrogen-bond donors (Lipinski definition) is 1. The molecule has 2 rings (SSSR count). The van der Waals surface area contributed by atoms with E-state index in [2.05, 4.69) is 11.8 Å². The van der Waals surface area contributed by atoms with Crippen molar-refractivity contribution in [3.8, 4) is 0 Å². The van der Waals surface area contributed by atoms with Crippen LogP contribution < -0.4 is 0 Å². The molecule has 98 valence electrons. The summed E-state index contributed by atoms with van der Waals surface area (Å²) in [6.07, 6.45) is 4.99. The lowest BCUT2D eigenvalue weighted by Crippen LogP contribution is -2.51. The highest BCUT2D eigenvalue weighted by Gasteiger charge is 2.42. The molecule has 0 aromatic carbocycles. The molecule has 0 radical (unpaired) electrons. The SMILES string of the molecule is CC1COCCN1CC1(C(=O)O)CCCCC1. The quantitative estimate of drug-likeness (QED) is 0.817. The molecule has 1 N–H and O–H groups in total. The van der Waals surface area contributed by atoms with Gasteiger partial charge in [0.15, 0.2) is 0 Å². The Labute approximate surface area is 103 Å². The summed E-state index contributed by atoms with van der Waals surface area (Å²) in [5.74, 6) is -0.601. The lowest BCUT2D eigenvalue weighted by molar-refractivity contribution is -0.154. The maximum Gasteiger partial charge on any atom is 0.310 e. The summed E-state index contributed by atoms with van der Waals surface area (Å²) in [6, 6.07) is 0.349. The van der Waals surface area contributed by atoms with Crippen LogP contribution in [0.4, 0.5) is 0 Å². The van der Waals surface area contributed by atoms with E-state index < -0.39 is 11.4 Å². The summed E-state index contributed by atoms with van der Waals surface area (Å²) >= 11 is 0. The van der Waals surface area contributed by atoms with Gasteiger partial charge in [0.1, 0.15) is 0 Å². The third-order valence-corrected chi connectivity index (χ3v) is 4.28. The third kappa shape index (κ3) is 2.80. The van der Waals surface area contributed by atoms with Gasteiger partial charge in [-0.1, -0.05) is 19.3 Å². The maximum absolute atomic E-state index is 11.6. The van der Waals surface area contributed by atoms with Crippen LogP contribution in [-0.2, 0) is 9.53 Å². The van der Waals surface area contributed by atoms with Crippen LogP contribution in [0.3, 0.4) is 0 Å². The van der Waals surface area contributed by atoms with Crippen LogP contribution in [-0.4, -0.2) is 48.3 Å². The van der Waals surface area contributed by atoms with Crippen LogP contribution in [0.1, 0.15) is 39.0 Å². The number of rotatable bonds is 3. The lowest BCUT2D eigenvalue weighted by Gasteiger charge is -2.41. The zero-order chi connectivity index (χ0) is 12.3. The van der Waals surface area contributed by atoms with Gasteiger partial charge in [0.2, 0.25) is 0 Å². The molecule has 1 saturated carbocycles. The van der Waals surface area contributed by atoms with Gasteiger partial charge in [0.25, 0.3) is 0 Å². The molecular formula is C13H23NO3. The Balaban J connectivity index is 2.03. The molecule has 2 aliphatic rings. The average Bonchev–Trinajstić information content (AvgIpc) is 2.33. The highest BCUT2D eigenvalue weighted by atomic mass is 16.5. The smallest absolute Gasteiger partial charge is 0.310 e. The van der Waals surface area contributed by atoms with Crippen molar-refractivity contribution >= 4 is 5.97 Å². The standard InChI is InChI=1S/C13H23NO3/c1-11-9-17-8-7-14(11)10-13(12(15)16)5-3-2-4-6-13/h11H,2-10H2,1H3,(H,15,16). The number of aliphatic carboxylic acids is 1. The van der Waals surface area contributed by atoms with Crippen molar-refractivity contribution in [2.75, 3.05) is 26.3 Å². The minimum Gasteiger partial charge on any atom is -0.481 e. The molecule has 1 aliphatic heterocycles. The predicted molar refractivity (Wildman–Crippen MR) is 65.0 cm³/mol. The molecular weight excluding hydrogens is 218 g/mol. The van der Waals surface area contributed by atoms with Gasteiger partial charge >= 0.3 is 5.97 Å². The van der Waals surface area contributed by atoms with E-state index >= 15 is 0 Å². The fourth-order valence-electron chi connectivity index (χ4n) is 3.05. The second-order valence-corrected chi connectivity index (χ2v) is 5.54. The van der Waals surface area contributed by atoms with Crippen LogP contribution in [0.2, 0.25) is 0 Å². The van der Waals surface area contributed by atoms with E-state index in [9.17, 15) is 9.90 Å². The zero-order valence-electron chi connectivity index (χ0n) is 10.7. The summed E-state index contributed by atoms with van der Waals surface area (Å²) in [6.45, 7) is 5.16. The zero-order valence-corrected chi connectivity index (χ0v) is 10.7. The van der Waals surface area contributed by atoms with E-state index in [0.29, 0.717) is 12.6 Å². The Kier molecular flexibility index (Phi) is 4.05. The molecule has 2 fully saturated rings. The summed E-state index contributed by atoms with van der Waals surface area (Å²) in [5.41, 5.74) is -0.496. The van der Waals surface area contributed by atoms with Crippen molar-refractivity contribution in [3.63, 3.8) is 0 Å². The second-order valence-electron chi connectivity index (χ2n) is 5.54. The minimum absolute atomic E-state index is 0.349. The van der Waals surface area contributed by atoms with Crippen molar-refractivity contribution in [1.82, 2.24) is 4.90 Å². The molecule has 0 amide bonds. The van der Waals surface area contributed by atoms with Gasteiger partial charge in [-0.2, -0.15) is 0 Å². The van der Waals surface area contributed by atoms with Crippen LogP contribution in [0.15, 0.2) is 0 Å². The van der Waals surface area contributed by atoms with E-state index in [1.165, 1.54) is 6.42 Å². The van der Waals surface area contributed by atoms with E-state index in [-0.39, 0.29) is 0 Å². The molecule has 4 heteroatoms. The Morgan fingerprint density at radius 3 is 2.71 bits per heavy atom. The summed E-state index contributed by atoms with van der Waals surface area (Å²) in [5, 5.41) is 9.55. The first-order chi connectivity index (χ1) is 8.14. The first-order valence-electron chi connectivity index (χ1n) is 6.69. The van der Waals surface area contributed by atoms with Crippen LogP contribution in [0, 0.1) is 5.41 Å². The van der Waals surface area contributed by atoms with E-state index in [4.69, 9.17) is 4.74 Å². The van der Waals surface area contributed by atoms with Crippen molar-refractivity contribution < 1.29 is 14.6 Å². The second kappa shape index (κ2) is 5.36. The number of carbonyl (C=O) groups is 1. The first kappa shape index (κ1) is 12.8. The Morgan fingerprint density at radius 2 is 2.12 bits per heavy atom. The first-order valence-corrected chi connectivity index (χ1v) is 6.69. The van der Waals surface area contributed by atoms with Crippen LogP contribution >= 0.6 is 0 Å². The van der Waals surface area contributed by atoms with E-state index in [1.807, 2.05) is 0 Å². The van der Waals surface area contributed by atoms with E-state index in [0.717, 1.165) is 45.4 Å². The molecule has 4 nitrogen and oxygen atoms in total. The minimum atomic E-state index is -0.601. The monoisotopic (exact) mass is 241 g/mol. The molecule has 1 aliphatic carbocycles. The third-order valence-electron chi connectivity index (χ3n) is 4.28. The molecule has 0 spiro atoms. The largest absolute Gasteiger partial charge is 0.481 e. The van der Waals surface area contributed by atoms with Gasteiger partial charge in [0, 0.05) is 19.1 Å². The normalized spacial score (nSPS) is 30.1. The number of carboxylic acid groups (broad SMARTS) is 1. The molecule has 1 unspecified atom stereocenters. The maximum atomic E-state index is 11.6. The van der Waals surface area contributed by atoms with Gasteiger partial charge < -0.3 is 9.84 Å². The molecule has 0 aromatic rings. The Bertz CT molecular complexity index is 274. The molecule has 1 saturated heterocycles. The number of ether oxygens (including phenoxy) is 1. The predicted octanol–water partition coefficient (Wildman–Crippen LogP) is 1.74. The summed E-state index contributed by atoms with van der Waals surface area (Å²) in [7, 11) is 0. The van der Waals surface area contributed by atoms with Gasteiger partial charge in [-0.3, -0.25) is 9.69 Å². The summed E-state index contributed by atoms with van der Waals surface area (Å²) in [4.78, 5) is 13.9. The lowest BCUT2D eigenvalue weighted by atomic mass is 9.73.